The molecule has 0 atom stereocenters. The van der Waals surface area contributed by atoms with Gasteiger partial charge in [0.05, 0.1) is 6.61 Å². The Labute approximate surface area is 97.4 Å². The largest absolute Gasteiger partial charge is 0.383 e. The summed E-state index contributed by atoms with van der Waals surface area (Å²) < 4.78 is 4.97. The van der Waals surface area contributed by atoms with Gasteiger partial charge in [0.1, 0.15) is 5.82 Å². The maximum atomic E-state index is 4.97. The van der Waals surface area contributed by atoms with Crippen molar-refractivity contribution >= 4 is 5.82 Å². The highest BCUT2D eigenvalue weighted by atomic mass is 16.5. The number of pyridine rings is 1. The quantitative estimate of drug-likeness (QED) is 0.690. The van der Waals surface area contributed by atoms with Gasteiger partial charge in [-0.05, 0) is 17.7 Å². The molecule has 16 heavy (non-hydrogen) atoms. The van der Waals surface area contributed by atoms with Crippen molar-refractivity contribution in [2.45, 2.75) is 26.4 Å². The maximum absolute atomic E-state index is 4.97. The van der Waals surface area contributed by atoms with Crippen molar-refractivity contribution in [1.82, 2.24) is 10.3 Å². The number of aromatic nitrogens is 1. The van der Waals surface area contributed by atoms with Crippen LogP contribution in [0.5, 0.6) is 0 Å². The van der Waals surface area contributed by atoms with Crippen molar-refractivity contribution < 1.29 is 4.74 Å². The van der Waals surface area contributed by atoms with Crippen LogP contribution in [0.1, 0.15) is 19.4 Å². The molecule has 2 N–H and O–H groups in total. The Morgan fingerprint density at radius 3 is 2.94 bits per heavy atom. The first-order valence-electron chi connectivity index (χ1n) is 5.63. The zero-order valence-corrected chi connectivity index (χ0v) is 10.3. The Morgan fingerprint density at radius 1 is 1.44 bits per heavy atom. The summed E-state index contributed by atoms with van der Waals surface area (Å²) in [4.78, 5) is 4.24. The zero-order valence-electron chi connectivity index (χ0n) is 10.3. The van der Waals surface area contributed by atoms with E-state index in [9.17, 15) is 0 Å². The molecule has 0 aliphatic carbocycles. The fourth-order valence-corrected chi connectivity index (χ4v) is 1.28. The summed E-state index contributed by atoms with van der Waals surface area (Å²) in [5.74, 6) is 0.903. The molecular formula is C12H21N3O. The van der Waals surface area contributed by atoms with Crippen molar-refractivity contribution in [1.29, 1.82) is 0 Å². The summed E-state index contributed by atoms with van der Waals surface area (Å²) >= 11 is 0. The van der Waals surface area contributed by atoms with Crippen molar-refractivity contribution in [2.75, 3.05) is 25.6 Å². The highest BCUT2D eigenvalue weighted by Crippen LogP contribution is 2.06. The van der Waals surface area contributed by atoms with Crippen LogP contribution in [0.3, 0.4) is 0 Å². The van der Waals surface area contributed by atoms with E-state index in [0.29, 0.717) is 12.6 Å². The van der Waals surface area contributed by atoms with Gasteiger partial charge in [-0.25, -0.2) is 4.98 Å². The third-order valence-corrected chi connectivity index (χ3v) is 2.15. The number of methoxy groups -OCH3 is 1. The van der Waals surface area contributed by atoms with Gasteiger partial charge >= 0.3 is 0 Å². The van der Waals surface area contributed by atoms with Gasteiger partial charge in [-0.15, -0.1) is 0 Å². The van der Waals surface area contributed by atoms with Crippen molar-refractivity contribution in [3.63, 3.8) is 0 Å². The first kappa shape index (κ1) is 12.9. The molecule has 0 radical (unpaired) electrons. The molecule has 0 spiro atoms. The van der Waals surface area contributed by atoms with Crippen LogP contribution in [-0.2, 0) is 11.3 Å². The molecule has 0 unspecified atom stereocenters. The SMILES string of the molecule is COCCNc1cc(CNC(C)C)ccn1. The van der Waals surface area contributed by atoms with Crippen LogP contribution in [0.15, 0.2) is 18.3 Å². The fraction of sp³-hybridized carbons (Fsp3) is 0.583. The molecule has 0 aliphatic heterocycles. The molecule has 1 heterocycles. The van der Waals surface area contributed by atoms with Gasteiger partial charge in [0.15, 0.2) is 0 Å². The Kier molecular flexibility index (Phi) is 5.82. The third kappa shape index (κ3) is 5.09. The normalized spacial score (nSPS) is 10.8. The number of anilines is 1. The van der Waals surface area contributed by atoms with E-state index in [1.54, 1.807) is 7.11 Å². The van der Waals surface area contributed by atoms with E-state index in [2.05, 4.69) is 35.5 Å². The van der Waals surface area contributed by atoms with Crippen LogP contribution in [0, 0.1) is 0 Å². The molecule has 0 aromatic carbocycles. The molecule has 0 aliphatic rings. The van der Waals surface area contributed by atoms with Gasteiger partial charge in [0.2, 0.25) is 0 Å². The summed E-state index contributed by atoms with van der Waals surface area (Å²) in [6.45, 7) is 6.62. The Morgan fingerprint density at radius 2 is 2.25 bits per heavy atom. The second kappa shape index (κ2) is 7.19. The van der Waals surface area contributed by atoms with E-state index >= 15 is 0 Å². The van der Waals surface area contributed by atoms with Gasteiger partial charge in [0, 0.05) is 32.4 Å². The lowest BCUT2D eigenvalue weighted by molar-refractivity contribution is 0.210. The molecule has 90 valence electrons. The molecule has 1 rings (SSSR count). The first-order chi connectivity index (χ1) is 7.72. The first-order valence-corrected chi connectivity index (χ1v) is 5.63. The lowest BCUT2D eigenvalue weighted by Gasteiger charge is -2.09. The van der Waals surface area contributed by atoms with Crippen LogP contribution in [0.4, 0.5) is 5.82 Å². The van der Waals surface area contributed by atoms with Gasteiger partial charge in [-0.2, -0.15) is 0 Å². The second-order valence-electron chi connectivity index (χ2n) is 4.00. The Balaban J connectivity index is 2.43. The number of hydrogen-bond donors (Lipinski definition) is 2. The Hall–Kier alpha value is -1.13. The van der Waals surface area contributed by atoms with Crippen molar-refractivity contribution in [2.24, 2.45) is 0 Å². The standard InChI is InChI=1S/C12H21N3O/c1-10(2)15-9-11-4-5-13-12(8-11)14-6-7-16-3/h4-5,8,10,15H,6-7,9H2,1-3H3,(H,13,14). The van der Waals surface area contributed by atoms with E-state index in [4.69, 9.17) is 4.74 Å². The van der Waals surface area contributed by atoms with Crippen LogP contribution in [0.25, 0.3) is 0 Å². The summed E-state index contributed by atoms with van der Waals surface area (Å²) in [7, 11) is 1.69. The molecular weight excluding hydrogens is 202 g/mol. The van der Waals surface area contributed by atoms with Crippen molar-refractivity contribution in [3.05, 3.63) is 23.9 Å². The molecule has 0 bridgehead atoms. The maximum Gasteiger partial charge on any atom is 0.126 e. The monoisotopic (exact) mass is 223 g/mol. The molecule has 1 aromatic heterocycles. The molecule has 0 saturated carbocycles. The average Bonchev–Trinajstić information content (AvgIpc) is 2.27. The summed E-state index contributed by atoms with van der Waals surface area (Å²) in [5, 5.41) is 6.59. The number of rotatable bonds is 7. The molecule has 1 aromatic rings. The lowest BCUT2D eigenvalue weighted by atomic mass is 10.2. The van der Waals surface area contributed by atoms with E-state index in [-0.39, 0.29) is 0 Å². The van der Waals surface area contributed by atoms with E-state index in [1.807, 2.05) is 12.3 Å². The van der Waals surface area contributed by atoms with Crippen LogP contribution < -0.4 is 10.6 Å². The fourth-order valence-electron chi connectivity index (χ4n) is 1.28. The van der Waals surface area contributed by atoms with Gasteiger partial charge in [0.25, 0.3) is 0 Å². The Bertz CT molecular complexity index is 302. The molecule has 4 heteroatoms. The topological polar surface area (TPSA) is 46.2 Å². The average molecular weight is 223 g/mol. The molecule has 0 fully saturated rings. The smallest absolute Gasteiger partial charge is 0.126 e. The highest BCUT2D eigenvalue weighted by Gasteiger charge is 1.98. The van der Waals surface area contributed by atoms with Gasteiger partial charge in [-0.3, -0.25) is 0 Å². The summed E-state index contributed by atoms with van der Waals surface area (Å²) in [6.07, 6.45) is 1.83. The van der Waals surface area contributed by atoms with Crippen molar-refractivity contribution in [3.8, 4) is 0 Å². The zero-order chi connectivity index (χ0) is 11.8. The minimum atomic E-state index is 0.498. The molecule has 0 saturated heterocycles. The minimum absolute atomic E-state index is 0.498. The van der Waals surface area contributed by atoms with Gasteiger partial charge in [-0.1, -0.05) is 13.8 Å². The highest BCUT2D eigenvalue weighted by molar-refractivity contribution is 5.37. The van der Waals surface area contributed by atoms with Gasteiger partial charge < -0.3 is 15.4 Å². The van der Waals surface area contributed by atoms with E-state index < -0.39 is 0 Å². The number of nitrogens with one attached hydrogen (secondary N) is 2. The molecule has 4 nitrogen and oxygen atoms in total. The van der Waals surface area contributed by atoms with Crippen LogP contribution in [0.2, 0.25) is 0 Å². The molecule has 0 amide bonds. The predicted octanol–water partition coefficient (Wildman–Crippen LogP) is 1.64. The predicted molar refractivity (Wildman–Crippen MR) is 66.6 cm³/mol. The number of hydrogen-bond acceptors (Lipinski definition) is 4. The van der Waals surface area contributed by atoms with Crippen LogP contribution >= 0.6 is 0 Å². The third-order valence-electron chi connectivity index (χ3n) is 2.15. The lowest BCUT2D eigenvalue weighted by Crippen LogP contribution is -2.21. The summed E-state index contributed by atoms with van der Waals surface area (Å²) in [5.41, 5.74) is 1.24. The van der Waals surface area contributed by atoms with Crippen LogP contribution in [-0.4, -0.2) is 31.3 Å². The van der Waals surface area contributed by atoms with E-state index in [1.165, 1.54) is 5.56 Å². The number of ether oxygens (including phenoxy) is 1. The minimum Gasteiger partial charge on any atom is -0.383 e. The summed E-state index contributed by atoms with van der Waals surface area (Å²) in [6, 6.07) is 4.58. The second-order valence-corrected chi connectivity index (χ2v) is 4.00. The van der Waals surface area contributed by atoms with E-state index in [0.717, 1.165) is 18.9 Å². The number of nitrogens with zero attached hydrogens (tertiary/aromatic N) is 1.